The van der Waals surface area contributed by atoms with E-state index in [0.29, 0.717) is 11.5 Å². The van der Waals surface area contributed by atoms with Crippen LogP contribution in [0.1, 0.15) is 47.0 Å². The van der Waals surface area contributed by atoms with Crippen molar-refractivity contribution < 1.29 is 9.53 Å². The van der Waals surface area contributed by atoms with Gasteiger partial charge in [0, 0.05) is 11.5 Å². The first-order valence-corrected chi connectivity index (χ1v) is 5.87. The van der Waals surface area contributed by atoms with Gasteiger partial charge in [-0.25, -0.2) is 4.79 Å². The summed E-state index contributed by atoms with van der Waals surface area (Å²) < 4.78 is 5.52. The van der Waals surface area contributed by atoms with Gasteiger partial charge in [0.1, 0.15) is 5.60 Å². The maximum absolute atomic E-state index is 11.5. The number of hydrogen-bond donors (Lipinski definition) is 0. The molecule has 0 aromatic carbocycles. The maximum Gasteiger partial charge on any atom is 0.333 e. The zero-order valence-electron chi connectivity index (χ0n) is 10.8. The van der Waals surface area contributed by atoms with Crippen molar-refractivity contribution >= 4 is 5.97 Å². The third-order valence-corrected chi connectivity index (χ3v) is 3.26. The summed E-state index contributed by atoms with van der Waals surface area (Å²) in [5, 5.41) is 0. The van der Waals surface area contributed by atoms with Crippen LogP contribution in [-0.2, 0) is 9.53 Å². The van der Waals surface area contributed by atoms with Crippen LogP contribution in [0.15, 0.2) is 23.8 Å². The van der Waals surface area contributed by atoms with E-state index in [1.807, 2.05) is 13.8 Å². The van der Waals surface area contributed by atoms with Crippen molar-refractivity contribution in [3.8, 4) is 0 Å². The lowest BCUT2D eigenvalue weighted by atomic mass is 9.79. The average molecular weight is 222 g/mol. The summed E-state index contributed by atoms with van der Waals surface area (Å²) in [6, 6.07) is 0. The quantitative estimate of drug-likeness (QED) is 0.414. The van der Waals surface area contributed by atoms with Crippen LogP contribution in [0.3, 0.4) is 0 Å². The Hall–Kier alpha value is -1.05. The molecule has 1 rings (SSSR count). The summed E-state index contributed by atoms with van der Waals surface area (Å²) in [4.78, 5) is 11.5. The maximum atomic E-state index is 11.5. The van der Waals surface area contributed by atoms with Crippen molar-refractivity contribution in [3.05, 3.63) is 23.8 Å². The second kappa shape index (κ2) is 4.86. The first-order valence-electron chi connectivity index (χ1n) is 5.87. The zero-order valence-corrected chi connectivity index (χ0v) is 10.8. The van der Waals surface area contributed by atoms with Gasteiger partial charge < -0.3 is 4.74 Å². The van der Waals surface area contributed by atoms with Crippen molar-refractivity contribution in [3.63, 3.8) is 0 Å². The molecule has 90 valence electrons. The molecule has 0 aromatic heterocycles. The Kier molecular flexibility index (Phi) is 3.95. The Balaban J connectivity index is 2.66. The van der Waals surface area contributed by atoms with Gasteiger partial charge in [-0.2, -0.15) is 0 Å². The molecule has 0 aliphatic heterocycles. The number of allylic oxidation sites excluding steroid dienone is 2. The molecule has 0 N–H and O–H groups in total. The first kappa shape index (κ1) is 13.0. The molecule has 2 nitrogen and oxygen atoms in total. The monoisotopic (exact) mass is 222 g/mol. The molecule has 1 aliphatic rings. The summed E-state index contributed by atoms with van der Waals surface area (Å²) in [5.74, 6) is 0.137. The van der Waals surface area contributed by atoms with E-state index >= 15 is 0 Å². The molecule has 1 atom stereocenters. The second-order valence-corrected chi connectivity index (χ2v) is 5.30. The Morgan fingerprint density at radius 1 is 1.56 bits per heavy atom. The molecular weight excluding hydrogens is 200 g/mol. The third kappa shape index (κ3) is 3.22. The number of rotatable bonds is 3. The first-order chi connectivity index (χ1) is 7.33. The summed E-state index contributed by atoms with van der Waals surface area (Å²) in [5.41, 5.74) is 1.47. The SMILES string of the molecule is C=C(C)C(=O)OC(C)(C)C1CCC=C(C)C1. The number of carbonyl (C=O) groups is 1. The lowest BCUT2D eigenvalue weighted by Gasteiger charge is -2.36. The van der Waals surface area contributed by atoms with E-state index < -0.39 is 5.60 Å². The van der Waals surface area contributed by atoms with E-state index in [1.54, 1.807) is 6.92 Å². The van der Waals surface area contributed by atoms with Gasteiger partial charge in [0.25, 0.3) is 0 Å². The summed E-state index contributed by atoms with van der Waals surface area (Å²) in [6.07, 6.45) is 5.47. The van der Waals surface area contributed by atoms with Crippen molar-refractivity contribution in [2.45, 2.75) is 52.6 Å². The fourth-order valence-electron chi connectivity index (χ4n) is 2.11. The highest BCUT2D eigenvalue weighted by molar-refractivity contribution is 5.87. The van der Waals surface area contributed by atoms with Crippen molar-refractivity contribution in [1.82, 2.24) is 0 Å². The fraction of sp³-hybridized carbons (Fsp3) is 0.643. The van der Waals surface area contributed by atoms with E-state index in [4.69, 9.17) is 4.74 Å². The number of carbonyl (C=O) groups excluding carboxylic acids is 1. The second-order valence-electron chi connectivity index (χ2n) is 5.30. The van der Waals surface area contributed by atoms with Crippen LogP contribution in [0.25, 0.3) is 0 Å². The summed E-state index contributed by atoms with van der Waals surface area (Å²) in [6.45, 7) is 11.4. The molecule has 1 unspecified atom stereocenters. The molecular formula is C14H22O2. The topological polar surface area (TPSA) is 26.3 Å². The van der Waals surface area contributed by atoms with Gasteiger partial charge in [-0.1, -0.05) is 18.2 Å². The number of ether oxygens (including phenoxy) is 1. The molecule has 0 radical (unpaired) electrons. The van der Waals surface area contributed by atoms with E-state index in [9.17, 15) is 4.79 Å². The van der Waals surface area contributed by atoms with Gasteiger partial charge in [0.2, 0.25) is 0 Å². The minimum atomic E-state index is -0.397. The highest BCUT2D eigenvalue weighted by Crippen LogP contribution is 2.35. The van der Waals surface area contributed by atoms with Crippen LogP contribution in [0.2, 0.25) is 0 Å². The van der Waals surface area contributed by atoms with E-state index in [0.717, 1.165) is 19.3 Å². The van der Waals surface area contributed by atoms with Gasteiger partial charge in [0.05, 0.1) is 0 Å². The lowest BCUT2D eigenvalue weighted by molar-refractivity contribution is -0.157. The van der Waals surface area contributed by atoms with Gasteiger partial charge in [-0.15, -0.1) is 0 Å². The smallest absolute Gasteiger partial charge is 0.333 e. The molecule has 0 heterocycles. The third-order valence-electron chi connectivity index (χ3n) is 3.26. The van der Waals surface area contributed by atoms with Crippen molar-refractivity contribution in [2.75, 3.05) is 0 Å². The summed E-state index contributed by atoms with van der Waals surface area (Å²) in [7, 11) is 0. The average Bonchev–Trinajstić information content (AvgIpc) is 2.17. The van der Waals surface area contributed by atoms with Crippen LogP contribution in [-0.4, -0.2) is 11.6 Å². The molecule has 1 aliphatic carbocycles. The molecule has 16 heavy (non-hydrogen) atoms. The number of esters is 1. The normalized spacial score (nSPS) is 21.2. The highest BCUT2D eigenvalue weighted by Gasteiger charge is 2.34. The van der Waals surface area contributed by atoms with E-state index in [1.165, 1.54) is 5.57 Å². The Bertz CT molecular complexity index is 324. The molecule has 2 heteroatoms. The largest absolute Gasteiger partial charge is 0.456 e. The molecule has 0 spiro atoms. The standard InChI is InChI=1S/C14H22O2/c1-10(2)13(15)16-14(4,5)12-8-6-7-11(3)9-12/h7,12H,1,6,8-9H2,2-5H3. The summed E-state index contributed by atoms with van der Waals surface area (Å²) >= 11 is 0. The zero-order chi connectivity index (χ0) is 12.3. The van der Waals surface area contributed by atoms with Gasteiger partial charge in [-0.3, -0.25) is 0 Å². The predicted octanol–water partition coefficient (Wildman–Crippen LogP) is 3.63. The molecule has 0 bridgehead atoms. The Labute approximate surface area is 98.4 Å². The molecule has 0 fully saturated rings. The molecule has 0 saturated heterocycles. The molecule has 0 saturated carbocycles. The molecule has 0 amide bonds. The van der Waals surface area contributed by atoms with Crippen LogP contribution < -0.4 is 0 Å². The minimum absolute atomic E-state index is 0.280. The van der Waals surface area contributed by atoms with Gasteiger partial charge >= 0.3 is 5.97 Å². The van der Waals surface area contributed by atoms with Crippen LogP contribution in [0.5, 0.6) is 0 Å². The predicted molar refractivity (Wildman–Crippen MR) is 66.1 cm³/mol. The lowest BCUT2D eigenvalue weighted by Crippen LogP contribution is -2.37. The van der Waals surface area contributed by atoms with Crippen LogP contribution in [0.4, 0.5) is 0 Å². The fourth-order valence-corrected chi connectivity index (χ4v) is 2.11. The minimum Gasteiger partial charge on any atom is -0.456 e. The van der Waals surface area contributed by atoms with E-state index in [2.05, 4.69) is 19.6 Å². The number of hydrogen-bond acceptors (Lipinski definition) is 2. The van der Waals surface area contributed by atoms with E-state index in [-0.39, 0.29) is 5.97 Å². The van der Waals surface area contributed by atoms with Gasteiger partial charge in [-0.05, 0) is 47.0 Å². The Morgan fingerprint density at radius 3 is 2.69 bits per heavy atom. The van der Waals surface area contributed by atoms with Crippen molar-refractivity contribution in [1.29, 1.82) is 0 Å². The molecule has 0 aromatic rings. The van der Waals surface area contributed by atoms with Crippen molar-refractivity contribution in [2.24, 2.45) is 5.92 Å². The van der Waals surface area contributed by atoms with Gasteiger partial charge in [0.15, 0.2) is 0 Å². The highest BCUT2D eigenvalue weighted by atomic mass is 16.6. The van der Waals surface area contributed by atoms with Crippen LogP contribution in [0, 0.1) is 5.92 Å². The van der Waals surface area contributed by atoms with Crippen LogP contribution >= 0.6 is 0 Å². The Morgan fingerprint density at radius 2 is 2.19 bits per heavy atom.